The van der Waals surface area contributed by atoms with Crippen LogP contribution < -0.4 is 4.74 Å². The number of carbonyl (C=O) groups is 2. The Morgan fingerprint density at radius 3 is 2.50 bits per heavy atom. The van der Waals surface area contributed by atoms with Crippen molar-refractivity contribution >= 4 is 23.4 Å². The van der Waals surface area contributed by atoms with E-state index in [0.717, 1.165) is 50.8 Å². The molecule has 5 nitrogen and oxygen atoms in total. The minimum Gasteiger partial charge on any atom is -0.493 e. The maximum Gasteiger partial charge on any atom is 0.256 e. The van der Waals surface area contributed by atoms with Gasteiger partial charge in [-0.15, -0.1) is 0 Å². The number of hydrogen-bond donors (Lipinski definition) is 0. The molecule has 4 rings (SSSR count). The molecule has 2 aromatic carbocycles. The van der Waals surface area contributed by atoms with Crippen molar-refractivity contribution in [2.45, 2.75) is 45.4 Å². The van der Waals surface area contributed by atoms with Crippen LogP contribution in [0, 0.1) is 18.2 Å². The van der Waals surface area contributed by atoms with Crippen molar-refractivity contribution in [3.8, 4) is 5.75 Å². The van der Waals surface area contributed by atoms with Crippen molar-refractivity contribution in [1.29, 1.82) is 0 Å². The van der Waals surface area contributed by atoms with Crippen LogP contribution in [0.25, 0.3) is 0 Å². The van der Waals surface area contributed by atoms with Gasteiger partial charge in [0.2, 0.25) is 5.91 Å². The number of benzene rings is 2. The lowest BCUT2D eigenvalue weighted by molar-refractivity contribution is -0.136. The van der Waals surface area contributed by atoms with Crippen LogP contribution in [0.1, 0.15) is 54.4 Å². The number of nitrogens with zero attached hydrogens (tertiary/aromatic N) is 2. The largest absolute Gasteiger partial charge is 0.493 e. The summed E-state index contributed by atoms with van der Waals surface area (Å²) < 4.78 is 20.5. The predicted molar refractivity (Wildman–Crippen MR) is 131 cm³/mol. The van der Waals surface area contributed by atoms with Crippen LogP contribution in [0.4, 0.5) is 4.39 Å². The summed E-state index contributed by atoms with van der Waals surface area (Å²) in [5, 5.41) is 0.668. The molecule has 34 heavy (non-hydrogen) atoms. The first-order valence-electron chi connectivity index (χ1n) is 12.1. The van der Waals surface area contributed by atoms with Crippen molar-refractivity contribution in [2.75, 3.05) is 32.8 Å². The first kappa shape index (κ1) is 24.5. The molecule has 0 bridgehead atoms. The van der Waals surface area contributed by atoms with Gasteiger partial charge in [0.05, 0.1) is 12.2 Å². The highest BCUT2D eigenvalue weighted by Gasteiger charge is 2.41. The molecular formula is C27H32ClFN2O3. The van der Waals surface area contributed by atoms with Gasteiger partial charge in [-0.2, -0.15) is 0 Å². The Hall–Kier alpha value is -2.60. The second-order valence-electron chi connectivity index (χ2n) is 9.63. The standard InChI is InChI=1S/C27H32ClFN2O3/c1-20-16-21(10-11-23(20)28)34-19-27(17-25(32)30-13-5-2-6-14-30)12-7-15-31(18-27)26(33)22-8-3-4-9-24(22)29/h3-4,8-11,16H,2,5-7,12-15,17-19H2,1H3/t27-/m0/s1. The van der Waals surface area contributed by atoms with Crippen LogP contribution >= 0.6 is 11.6 Å². The minimum absolute atomic E-state index is 0.0647. The predicted octanol–water partition coefficient (Wildman–Crippen LogP) is 5.49. The van der Waals surface area contributed by atoms with Gasteiger partial charge in [0, 0.05) is 43.0 Å². The van der Waals surface area contributed by atoms with Gasteiger partial charge < -0.3 is 14.5 Å². The van der Waals surface area contributed by atoms with E-state index >= 15 is 0 Å². The van der Waals surface area contributed by atoms with Gasteiger partial charge >= 0.3 is 0 Å². The van der Waals surface area contributed by atoms with E-state index in [4.69, 9.17) is 16.3 Å². The summed E-state index contributed by atoms with van der Waals surface area (Å²) in [6, 6.07) is 11.6. The van der Waals surface area contributed by atoms with Crippen molar-refractivity contribution in [3.63, 3.8) is 0 Å². The highest BCUT2D eigenvalue weighted by Crippen LogP contribution is 2.36. The molecule has 0 aromatic heterocycles. The third kappa shape index (κ3) is 5.72. The number of hydrogen-bond acceptors (Lipinski definition) is 3. The molecule has 0 radical (unpaired) electrons. The summed E-state index contributed by atoms with van der Waals surface area (Å²) >= 11 is 6.16. The van der Waals surface area contributed by atoms with E-state index in [1.165, 1.54) is 12.1 Å². The van der Waals surface area contributed by atoms with Crippen LogP contribution in [0.2, 0.25) is 5.02 Å². The van der Waals surface area contributed by atoms with Gasteiger partial charge in [0.25, 0.3) is 5.91 Å². The molecular weight excluding hydrogens is 455 g/mol. The molecule has 0 aliphatic carbocycles. The zero-order valence-corrected chi connectivity index (χ0v) is 20.5. The third-order valence-electron chi connectivity index (χ3n) is 6.96. The van der Waals surface area contributed by atoms with Crippen LogP contribution in [0.5, 0.6) is 5.75 Å². The number of carbonyl (C=O) groups excluding carboxylic acids is 2. The van der Waals surface area contributed by atoms with E-state index in [-0.39, 0.29) is 17.4 Å². The topological polar surface area (TPSA) is 49.9 Å². The van der Waals surface area contributed by atoms with Crippen molar-refractivity contribution < 1.29 is 18.7 Å². The Morgan fingerprint density at radius 2 is 1.76 bits per heavy atom. The molecule has 7 heteroatoms. The third-order valence-corrected chi connectivity index (χ3v) is 7.39. The van der Waals surface area contributed by atoms with Gasteiger partial charge in [-0.25, -0.2) is 4.39 Å². The van der Waals surface area contributed by atoms with Crippen LogP contribution in [0.15, 0.2) is 42.5 Å². The first-order valence-corrected chi connectivity index (χ1v) is 12.5. The summed E-state index contributed by atoms with van der Waals surface area (Å²) in [6.07, 6.45) is 5.00. The number of ether oxygens (including phenoxy) is 1. The number of rotatable bonds is 6. The van der Waals surface area contributed by atoms with Crippen LogP contribution in [-0.4, -0.2) is 54.4 Å². The molecule has 2 saturated heterocycles. The van der Waals surface area contributed by atoms with E-state index in [0.29, 0.717) is 36.9 Å². The molecule has 2 amide bonds. The molecule has 0 saturated carbocycles. The molecule has 2 heterocycles. The second kappa shape index (κ2) is 10.8. The smallest absolute Gasteiger partial charge is 0.256 e. The lowest BCUT2D eigenvalue weighted by Gasteiger charge is -2.43. The highest BCUT2D eigenvalue weighted by atomic mass is 35.5. The zero-order chi connectivity index (χ0) is 24.1. The molecule has 0 N–H and O–H groups in total. The molecule has 0 unspecified atom stereocenters. The summed E-state index contributed by atoms with van der Waals surface area (Å²) in [6.45, 7) is 4.67. The van der Waals surface area contributed by atoms with Gasteiger partial charge in [-0.05, 0) is 74.9 Å². The lowest BCUT2D eigenvalue weighted by Crippen LogP contribution is -2.51. The van der Waals surface area contributed by atoms with Crippen molar-refractivity contribution in [3.05, 3.63) is 64.4 Å². The van der Waals surface area contributed by atoms with Crippen LogP contribution in [-0.2, 0) is 4.79 Å². The molecule has 2 aliphatic rings. The van der Waals surface area contributed by atoms with Crippen molar-refractivity contribution in [1.82, 2.24) is 9.80 Å². The summed E-state index contributed by atoms with van der Waals surface area (Å²) in [7, 11) is 0. The van der Waals surface area contributed by atoms with Crippen molar-refractivity contribution in [2.24, 2.45) is 5.41 Å². The summed E-state index contributed by atoms with van der Waals surface area (Å²) in [4.78, 5) is 30.1. The minimum atomic E-state index is -0.540. The Labute approximate surface area is 205 Å². The quantitative estimate of drug-likeness (QED) is 0.542. The molecule has 182 valence electrons. The number of aryl methyl sites for hydroxylation is 1. The maximum atomic E-state index is 14.3. The van der Waals surface area contributed by atoms with Crippen LogP contribution in [0.3, 0.4) is 0 Å². The molecule has 0 spiro atoms. The Bertz CT molecular complexity index is 1040. The lowest BCUT2D eigenvalue weighted by atomic mass is 9.77. The van der Waals surface area contributed by atoms with E-state index < -0.39 is 11.2 Å². The fraction of sp³-hybridized carbons (Fsp3) is 0.481. The van der Waals surface area contributed by atoms with E-state index in [2.05, 4.69) is 0 Å². The normalized spacial score (nSPS) is 20.8. The SMILES string of the molecule is Cc1cc(OC[C@]2(CC(=O)N3CCCCC3)CCCN(C(=O)c3ccccc3F)C2)ccc1Cl. The van der Waals surface area contributed by atoms with E-state index in [1.54, 1.807) is 23.1 Å². The highest BCUT2D eigenvalue weighted by molar-refractivity contribution is 6.31. The number of amides is 2. The maximum absolute atomic E-state index is 14.3. The van der Waals surface area contributed by atoms with Gasteiger partial charge in [-0.3, -0.25) is 9.59 Å². The summed E-state index contributed by atoms with van der Waals surface area (Å²) in [5.41, 5.74) is 0.439. The number of likely N-dealkylation sites (tertiary alicyclic amines) is 2. The molecule has 2 aromatic rings. The fourth-order valence-electron chi connectivity index (χ4n) is 5.02. The second-order valence-corrected chi connectivity index (χ2v) is 10.0. The molecule has 1 atom stereocenters. The average molecular weight is 487 g/mol. The Morgan fingerprint density at radius 1 is 1.03 bits per heavy atom. The summed E-state index contributed by atoms with van der Waals surface area (Å²) in [5.74, 6) is -0.0732. The fourth-order valence-corrected chi connectivity index (χ4v) is 5.14. The number of piperidine rings is 2. The monoisotopic (exact) mass is 486 g/mol. The average Bonchev–Trinajstić information content (AvgIpc) is 2.85. The van der Waals surface area contributed by atoms with E-state index in [9.17, 15) is 14.0 Å². The molecule has 2 fully saturated rings. The van der Waals surface area contributed by atoms with Gasteiger partial charge in [-0.1, -0.05) is 23.7 Å². The van der Waals surface area contributed by atoms with Gasteiger partial charge in [0.1, 0.15) is 11.6 Å². The zero-order valence-electron chi connectivity index (χ0n) is 19.7. The Balaban J connectivity index is 1.55. The first-order chi connectivity index (χ1) is 16.4. The molecule has 2 aliphatic heterocycles. The Kier molecular flexibility index (Phi) is 7.77. The number of halogens is 2. The van der Waals surface area contributed by atoms with E-state index in [1.807, 2.05) is 24.0 Å². The van der Waals surface area contributed by atoms with Gasteiger partial charge in [0.15, 0.2) is 0 Å².